The minimum absolute atomic E-state index is 0.0566. The van der Waals surface area contributed by atoms with Crippen LogP contribution in [0.5, 0.6) is 5.75 Å². The number of rotatable bonds is 6. The number of methoxy groups -OCH3 is 1. The van der Waals surface area contributed by atoms with E-state index in [4.69, 9.17) is 16.3 Å². The molecule has 2 aromatic carbocycles. The molecule has 1 heterocycles. The Labute approximate surface area is 181 Å². The van der Waals surface area contributed by atoms with Gasteiger partial charge in [0.05, 0.1) is 22.9 Å². The number of ether oxygens (including phenoxy) is 1. The van der Waals surface area contributed by atoms with Gasteiger partial charge in [-0.1, -0.05) is 29.8 Å². The third-order valence-corrected chi connectivity index (χ3v) is 7.39. The molecular formula is C21H24ClFN2O4S. The normalized spacial score (nSPS) is 17.5. The van der Waals surface area contributed by atoms with E-state index >= 15 is 0 Å². The van der Waals surface area contributed by atoms with Crippen LogP contribution in [-0.2, 0) is 21.4 Å². The molecule has 0 aliphatic carbocycles. The van der Waals surface area contributed by atoms with Gasteiger partial charge >= 0.3 is 0 Å². The summed E-state index contributed by atoms with van der Waals surface area (Å²) in [6.07, 6.45) is 1.14. The van der Waals surface area contributed by atoms with Crippen LogP contribution in [-0.4, -0.2) is 50.8 Å². The van der Waals surface area contributed by atoms with Crippen LogP contribution in [0.2, 0.25) is 5.02 Å². The quantitative estimate of drug-likeness (QED) is 0.669. The van der Waals surface area contributed by atoms with Crippen LogP contribution >= 0.6 is 11.6 Å². The first kappa shape index (κ1) is 22.5. The zero-order valence-corrected chi connectivity index (χ0v) is 18.4. The van der Waals surface area contributed by atoms with Crippen molar-refractivity contribution in [3.8, 4) is 5.75 Å². The first-order valence-electron chi connectivity index (χ1n) is 9.56. The van der Waals surface area contributed by atoms with Gasteiger partial charge in [-0.25, -0.2) is 12.8 Å². The minimum Gasteiger partial charge on any atom is -0.495 e. The topological polar surface area (TPSA) is 66.9 Å². The summed E-state index contributed by atoms with van der Waals surface area (Å²) in [5.41, 5.74) is 0.418. The number of piperidine rings is 1. The average molecular weight is 455 g/mol. The first-order chi connectivity index (χ1) is 14.2. The maximum absolute atomic E-state index is 13.9. The van der Waals surface area contributed by atoms with Crippen LogP contribution in [0.3, 0.4) is 0 Å². The largest absolute Gasteiger partial charge is 0.495 e. The summed E-state index contributed by atoms with van der Waals surface area (Å²) in [5.74, 6) is -0.677. The van der Waals surface area contributed by atoms with Crippen molar-refractivity contribution in [2.24, 2.45) is 5.92 Å². The third kappa shape index (κ3) is 4.77. The van der Waals surface area contributed by atoms with Crippen molar-refractivity contribution in [1.82, 2.24) is 9.21 Å². The number of sulfonamides is 1. The number of benzene rings is 2. The second-order valence-corrected chi connectivity index (χ2v) is 9.63. The molecule has 2 aromatic rings. The van der Waals surface area contributed by atoms with Gasteiger partial charge in [0.2, 0.25) is 15.9 Å². The molecule has 0 radical (unpaired) electrons. The van der Waals surface area contributed by atoms with E-state index in [9.17, 15) is 17.6 Å². The summed E-state index contributed by atoms with van der Waals surface area (Å²) in [4.78, 5) is 14.4. The van der Waals surface area contributed by atoms with Crippen LogP contribution in [0.25, 0.3) is 0 Å². The molecule has 1 atom stereocenters. The van der Waals surface area contributed by atoms with E-state index in [-0.39, 0.29) is 34.7 Å². The molecule has 0 spiro atoms. The number of hydrogen-bond donors (Lipinski definition) is 0. The van der Waals surface area contributed by atoms with Gasteiger partial charge in [0.25, 0.3) is 0 Å². The number of halogens is 2. The Hall–Kier alpha value is -2.16. The van der Waals surface area contributed by atoms with Gasteiger partial charge in [-0.15, -0.1) is 0 Å². The molecule has 6 nitrogen and oxygen atoms in total. The molecule has 0 N–H and O–H groups in total. The number of nitrogens with zero attached hydrogens (tertiary/aromatic N) is 2. The van der Waals surface area contributed by atoms with Crippen LogP contribution in [0.4, 0.5) is 4.39 Å². The second-order valence-electron chi connectivity index (χ2n) is 7.28. The van der Waals surface area contributed by atoms with Gasteiger partial charge in [0.15, 0.2) is 0 Å². The summed E-state index contributed by atoms with van der Waals surface area (Å²) >= 11 is 6.09. The molecule has 0 aromatic heterocycles. The van der Waals surface area contributed by atoms with Crippen LogP contribution in [0.15, 0.2) is 47.4 Å². The van der Waals surface area contributed by atoms with Crippen molar-refractivity contribution in [3.05, 3.63) is 58.9 Å². The predicted molar refractivity (Wildman–Crippen MR) is 112 cm³/mol. The lowest BCUT2D eigenvalue weighted by Gasteiger charge is -2.33. The smallest absolute Gasteiger partial charge is 0.243 e. The average Bonchev–Trinajstić information content (AvgIpc) is 2.74. The summed E-state index contributed by atoms with van der Waals surface area (Å²) in [6, 6.07) is 10.6. The monoisotopic (exact) mass is 454 g/mol. The van der Waals surface area contributed by atoms with Gasteiger partial charge in [-0.2, -0.15) is 4.31 Å². The molecule has 0 bridgehead atoms. The number of hydrogen-bond acceptors (Lipinski definition) is 4. The Kier molecular flexibility index (Phi) is 7.00. The zero-order chi connectivity index (χ0) is 21.9. The predicted octanol–water partition coefficient (Wildman–Crippen LogP) is 3.55. The Balaban J connectivity index is 1.73. The third-order valence-electron chi connectivity index (χ3n) is 5.24. The minimum atomic E-state index is -3.80. The molecule has 0 saturated carbocycles. The molecule has 1 saturated heterocycles. The lowest BCUT2D eigenvalue weighted by Crippen LogP contribution is -2.45. The zero-order valence-electron chi connectivity index (χ0n) is 16.8. The van der Waals surface area contributed by atoms with Crippen molar-refractivity contribution in [2.45, 2.75) is 24.3 Å². The van der Waals surface area contributed by atoms with Crippen LogP contribution < -0.4 is 4.74 Å². The molecule has 3 rings (SSSR count). The fourth-order valence-corrected chi connectivity index (χ4v) is 5.46. The standard InChI is InChI=1S/C21H24ClFN2O4S/c1-24(13-15-6-3-4-8-19(15)23)21(26)16-7-5-11-25(14-16)30(27,28)17-9-10-20(29-2)18(22)12-17/h3-4,6,8-10,12,16H,5,7,11,13-14H2,1-2H3/t16-/m0/s1. The fraction of sp³-hybridized carbons (Fsp3) is 0.381. The highest BCUT2D eigenvalue weighted by Crippen LogP contribution is 2.30. The molecular weight excluding hydrogens is 431 g/mol. The molecule has 1 amide bonds. The van der Waals surface area contributed by atoms with Gasteiger partial charge in [-0.3, -0.25) is 4.79 Å². The fourth-order valence-electron chi connectivity index (χ4n) is 3.59. The second kappa shape index (κ2) is 9.32. The summed E-state index contributed by atoms with van der Waals surface area (Å²) in [7, 11) is -0.750. The highest BCUT2D eigenvalue weighted by Gasteiger charge is 2.34. The summed E-state index contributed by atoms with van der Waals surface area (Å²) in [5, 5.41) is 0.202. The maximum Gasteiger partial charge on any atom is 0.243 e. The van der Waals surface area contributed by atoms with Gasteiger partial charge in [-0.05, 0) is 37.1 Å². The molecule has 1 aliphatic heterocycles. The SMILES string of the molecule is COc1ccc(S(=O)(=O)N2CCC[C@H](C(=O)N(C)Cc3ccccc3F)C2)cc1Cl. The molecule has 30 heavy (non-hydrogen) atoms. The van der Waals surface area contributed by atoms with Crippen molar-refractivity contribution < 1.29 is 22.3 Å². The molecule has 1 aliphatic rings. The maximum atomic E-state index is 13.9. The van der Waals surface area contributed by atoms with E-state index < -0.39 is 15.9 Å². The van der Waals surface area contributed by atoms with Crippen molar-refractivity contribution in [3.63, 3.8) is 0 Å². The molecule has 1 fully saturated rings. The first-order valence-corrected chi connectivity index (χ1v) is 11.4. The van der Waals surface area contributed by atoms with E-state index in [1.54, 1.807) is 25.2 Å². The number of carbonyl (C=O) groups is 1. The Morgan fingerprint density at radius 2 is 2.03 bits per heavy atom. The number of amides is 1. The van der Waals surface area contributed by atoms with Crippen molar-refractivity contribution in [2.75, 3.05) is 27.2 Å². The molecule has 162 valence electrons. The van der Waals surface area contributed by atoms with Crippen molar-refractivity contribution in [1.29, 1.82) is 0 Å². The van der Waals surface area contributed by atoms with Gasteiger partial charge in [0, 0.05) is 32.2 Å². The Morgan fingerprint density at radius 1 is 1.30 bits per heavy atom. The van der Waals surface area contributed by atoms with E-state index in [1.807, 2.05) is 0 Å². The van der Waals surface area contributed by atoms with E-state index in [0.717, 1.165) is 0 Å². The van der Waals surface area contributed by atoms with E-state index in [2.05, 4.69) is 0 Å². The van der Waals surface area contributed by atoms with Crippen LogP contribution in [0, 0.1) is 11.7 Å². The molecule has 0 unspecified atom stereocenters. The lowest BCUT2D eigenvalue weighted by molar-refractivity contribution is -0.135. The Morgan fingerprint density at radius 3 is 2.70 bits per heavy atom. The summed E-state index contributed by atoms with van der Waals surface area (Å²) in [6.45, 7) is 0.530. The summed E-state index contributed by atoms with van der Waals surface area (Å²) < 4.78 is 46.4. The van der Waals surface area contributed by atoms with Crippen molar-refractivity contribution >= 4 is 27.5 Å². The highest BCUT2D eigenvalue weighted by molar-refractivity contribution is 7.89. The highest BCUT2D eigenvalue weighted by atomic mass is 35.5. The molecule has 9 heteroatoms. The van der Waals surface area contributed by atoms with E-state index in [0.29, 0.717) is 30.7 Å². The Bertz CT molecular complexity index is 1030. The van der Waals surface area contributed by atoms with E-state index in [1.165, 1.54) is 40.6 Å². The lowest BCUT2D eigenvalue weighted by atomic mass is 9.98. The van der Waals surface area contributed by atoms with Crippen LogP contribution in [0.1, 0.15) is 18.4 Å². The number of carbonyl (C=O) groups excluding carboxylic acids is 1. The van der Waals surface area contributed by atoms with Gasteiger partial charge < -0.3 is 9.64 Å². The van der Waals surface area contributed by atoms with Gasteiger partial charge in [0.1, 0.15) is 11.6 Å².